The van der Waals surface area contributed by atoms with Crippen molar-refractivity contribution in [1.82, 2.24) is 4.57 Å². The summed E-state index contributed by atoms with van der Waals surface area (Å²) >= 11 is 3.36. The van der Waals surface area contributed by atoms with Gasteiger partial charge in [0.25, 0.3) is 0 Å². The molecule has 0 N–H and O–H groups in total. The molecule has 0 radical (unpaired) electrons. The van der Waals surface area contributed by atoms with Crippen LogP contribution in [0.15, 0.2) is 28.9 Å². The van der Waals surface area contributed by atoms with Crippen LogP contribution in [-0.2, 0) is 7.05 Å². The second kappa shape index (κ2) is 2.59. The van der Waals surface area contributed by atoms with Crippen molar-refractivity contribution in [3.05, 3.63) is 34.7 Å². The van der Waals surface area contributed by atoms with Crippen LogP contribution < -0.4 is 0 Å². The highest BCUT2D eigenvalue weighted by Crippen LogP contribution is 2.26. The Morgan fingerprint density at radius 1 is 1.33 bits per heavy atom. The number of rotatable bonds is 0. The van der Waals surface area contributed by atoms with Crippen molar-refractivity contribution in [2.24, 2.45) is 7.05 Å². The van der Waals surface area contributed by atoms with Gasteiger partial charge in [-0.2, -0.15) is 0 Å². The maximum Gasteiger partial charge on any atom is 0.147 e. The Labute approximate surface area is 77.9 Å². The number of hydrogen-bond donors (Lipinski definition) is 0. The third kappa shape index (κ3) is 0.966. The molecule has 2 aromatic rings. The first kappa shape index (κ1) is 7.80. The number of hydrogen-bond acceptors (Lipinski definition) is 0. The van der Waals surface area contributed by atoms with Gasteiger partial charge in [-0.05, 0) is 18.2 Å². The molecule has 1 aromatic heterocycles. The highest BCUT2D eigenvalue weighted by Gasteiger charge is 2.06. The fourth-order valence-electron chi connectivity index (χ4n) is 1.33. The van der Waals surface area contributed by atoms with Gasteiger partial charge in [0.05, 0.1) is 5.52 Å². The van der Waals surface area contributed by atoms with Gasteiger partial charge >= 0.3 is 0 Å². The second-order valence-electron chi connectivity index (χ2n) is 2.72. The van der Waals surface area contributed by atoms with Crippen molar-refractivity contribution in [3.63, 3.8) is 0 Å². The van der Waals surface area contributed by atoms with Gasteiger partial charge < -0.3 is 4.57 Å². The number of fused-ring (bicyclic) bond motifs is 1. The molecule has 12 heavy (non-hydrogen) atoms. The summed E-state index contributed by atoms with van der Waals surface area (Å²) in [5.41, 5.74) is 0.643. The molecule has 0 fully saturated rings. The number of aryl methyl sites for hydroxylation is 1. The average molecular weight is 228 g/mol. The van der Waals surface area contributed by atoms with Crippen molar-refractivity contribution in [2.75, 3.05) is 0 Å². The molecule has 1 heterocycles. The lowest BCUT2D eigenvalue weighted by molar-refractivity contribution is 0.632. The molecule has 3 heteroatoms. The van der Waals surface area contributed by atoms with E-state index in [0.717, 1.165) is 9.86 Å². The molecule has 0 amide bonds. The van der Waals surface area contributed by atoms with Crippen LogP contribution in [0, 0.1) is 5.82 Å². The number of halogens is 2. The molecule has 0 unspecified atom stereocenters. The standard InChI is InChI=1S/C9H7BrFN/c1-12-5-4-6-7(10)2-3-8(11)9(6)12/h2-5H,1H3. The van der Waals surface area contributed by atoms with E-state index in [-0.39, 0.29) is 5.82 Å². The summed E-state index contributed by atoms with van der Waals surface area (Å²) in [6.45, 7) is 0. The highest BCUT2D eigenvalue weighted by molar-refractivity contribution is 9.10. The Morgan fingerprint density at radius 2 is 2.08 bits per heavy atom. The van der Waals surface area contributed by atoms with Crippen LogP contribution >= 0.6 is 15.9 Å². The van der Waals surface area contributed by atoms with E-state index in [4.69, 9.17) is 0 Å². The van der Waals surface area contributed by atoms with E-state index >= 15 is 0 Å². The van der Waals surface area contributed by atoms with Crippen molar-refractivity contribution in [2.45, 2.75) is 0 Å². The first-order chi connectivity index (χ1) is 5.70. The smallest absolute Gasteiger partial charge is 0.147 e. The second-order valence-corrected chi connectivity index (χ2v) is 3.57. The first-order valence-corrected chi connectivity index (χ1v) is 4.38. The maximum atomic E-state index is 13.2. The SMILES string of the molecule is Cn1ccc2c(Br)ccc(F)c21. The van der Waals surface area contributed by atoms with E-state index in [1.54, 1.807) is 10.6 Å². The minimum absolute atomic E-state index is 0.180. The van der Waals surface area contributed by atoms with Gasteiger partial charge in [0.15, 0.2) is 0 Å². The minimum Gasteiger partial charge on any atom is -0.348 e. The van der Waals surface area contributed by atoms with E-state index in [1.165, 1.54) is 6.07 Å². The van der Waals surface area contributed by atoms with E-state index in [9.17, 15) is 4.39 Å². The number of nitrogens with zero attached hydrogens (tertiary/aromatic N) is 1. The summed E-state index contributed by atoms with van der Waals surface area (Å²) in [4.78, 5) is 0. The van der Waals surface area contributed by atoms with Crippen LogP contribution in [0.4, 0.5) is 4.39 Å². The fourth-order valence-corrected chi connectivity index (χ4v) is 1.79. The monoisotopic (exact) mass is 227 g/mol. The predicted molar refractivity (Wildman–Crippen MR) is 50.6 cm³/mol. The van der Waals surface area contributed by atoms with Gasteiger partial charge in [-0.25, -0.2) is 4.39 Å². The van der Waals surface area contributed by atoms with Crippen molar-refractivity contribution < 1.29 is 4.39 Å². The molecule has 1 aromatic carbocycles. The topological polar surface area (TPSA) is 4.93 Å². The van der Waals surface area contributed by atoms with Crippen LogP contribution in [0.3, 0.4) is 0 Å². The van der Waals surface area contributed by atoms with Crippen LogP contribution in [0.5, 0.6) is 0 Å². The van der Waals surface area contributed by atoms with Gasteiger partial charge in [0.2, 0.25) is 0 Å². The van der Waals surface area contributed by atoms with Gasteiger partial charge in [0.1, 0.15) is 5.82 Å². The van der Waals surface area contributed by atoms with Crippen molar-refractivity contribution >= 4 is 26.8 Å². The summed E-state index contributed by atoms with van der Waals surface area (Å²) in [5, 5.41) is 0.914. The van der Waals surface area contributed by atoms with Gasteiger partial charge in [-0.3, -0.25) is 0 Å². The summed E-state index contributed by atoms with van der Waals surface area (Å²) < 4.78 is 15.9. The molecule has 0 atom stereocenters. The molecule has 2 rings (SSSR count). The minimum atomic E-state index is -0.180. The molecule has 0 spiro atoms. The normalized spacial score (nSPS) is 10.9. The summed E-state index contributed by atoms with van der Waals surface area (Å²) in [5.74, 6) is -0.180. The zero-order valence-electron chi connectivity index (χ0n) is 6.51. The van der Waals surface area contributed by atoms with Crippen LogP contribution in [-0.4, -0.2) is 4.57 Å². The van der Waals surface area contributed by atoms with Crippen LogP contribution in [0.1, 0.15) is 0 Å². The van der Waals surface area contributed by atoms with Gasteiger partial charge in [-0.15, -0.1) is 0 Å². The zero-order valence-corrected chi connectivity index (χ0v) is 8.10. The quantitative estimate of drug-likeness (QED) is 0.652. The van der Waals surface area contributed by atoms with Crippen molar-refractivity contribution in [3.8, 4) is 0 Å². The average Bonchev–Trinajstić information content (AvgIpc) is 2.42. The summed E-state index contributed by atoms with van der Waals surface area (Å²) in [7, 11) is 1.83. The largest absolute Gasteiger partial charge is 0.348 e. The van der Waals surface area contributed by atoms with Crippen LogP contribution in [0.25, 0.3) is 10.9 Å². The number of aromatic nitrogens is 1. The number of benzene rings is 1. The molecule has 0 saturated carbocycles. The Hall–Kier alpha value is -0.830. The van der Waals surface area contributed by atoms with E-state index in [0.29, 0.717) is 5.52 Å². The highest BCUT2D eigenvalue weighted by atomic mass is 79.9. The first-order valence-electron chi connectivity index (χ1n) is 3.59. The molecule has 62 valence electrons. The molecular formula is C9H7BrFN. The van der Waals surface area contributed by atoms with Gasteiger partial charge in [0, 0.05) is 23.1 Å². The molecule has 0 aliphatic carbocycles. The Bertz CT molecular complexity index is 433. The molecule has 0 aliphatic rings. The molecule has 0 aliphatic heterocycles. The lowest BCUT2D eigenvalue weighted by Gasteiger charge is -1.98. The van der Waals surface area contributed by atoms with E-state index < -0.39 is 0 Å². The molecule has 0 bridgehead atoms. The van der Waals surface area contributed by atoms with Crippen LogP contribution in [0.2, 0.25) is 0 Å². The fraction of sp³-hybridized carbons (Fsp3) is 0.111. The molecule has 0 saturated heterocycles. The predicted octanol–water partition coefficient (Wildman–Crippen LogP) is 3.08. The lowest BCUT2D eigenvalue weighted by Crippen LogP contribution is -1.87. The Kier molecular flexibility index (Phi) is 1.68. The van der Waals surface area contributed by atoms with E-state index in [1.807, 2.05) is 19.3 Å². The Balaban J connectivity index is 2.98. The lowest BCUT2D eigenvalue weighted by atomic mass is 10.2. The third-order valence-electron chi connectivity index (χ3n) is 1.93. The third-order valence-corrected chi connectivity index (χ3v) is 2.62. The van der Waals surface area contributed by atoms with Crippen molar-refractivity contribution in [1.29, 1.82) is 0 Å². The zero-order chi connectivity index (χ0) is 8.72. The molecular weight excluding hydrogens is 221 g/mol. The van der Waals surface area contributed by atoms with E-state index in [2.05, 4.69) is 15.9 Å². The molecule has 1 nitrogen and oxygen atoms in total. The Morgan fingerprint density at radius 3 is 2.75 bits per heavy atom. The van der Waals surface area contributed by atoms with Gasteiger partial charge in [-0.1, -0.05) is 15.9 Å². The maximum absolute atomic E-state index is 13.2. The summed E-state index contributed by atoms with van der Waals surface area (Å²) in [6.07, 6.45) is 1.85. The summed E-state index contributed by atoms with van der Waals surface area (Å²) in [6, 6.07) is 5.08.